The van der Waals surface area contributed by atoms with Crippen molar-refractivity contribution in [2.75, 3.05) is 6.54 Å². The fraction of sp³-hybridized carbons (Fsp3) is 0.158. The highest BCUT2D eigenvalue weighted by atomic mass is 19.4. The smallest absolute Gasteiger partial charge is 0.341 e. The minimum Gasteiger partial charge on any atom is -0.341 e. The summed E-state index contributed by atoms with van der Waals surface area (Å²) in [5, 5.41) is 6.72. The summed E-state index contributed by atoms with van der Waals surface area (Å²) in [6.45, 7) is -0.00487. The second-order valence-electron chi connectivity index (χ2n) is 5.66. The van der Waals surface area contributed by atoms with Crippen molar-refractivity contribution in [2.45, 2.75) is 6.18 Å². The molecular formula is C19H15F3N4O. The molecule has 0 spiro atoms. The van der Waals surface area contributed by atoms with Crippen LogP contribution in [0.2, 0.25) is 0 Å². The molecule has 1 N–H and O–H groups in total. The van der Waals surface area contributed by atoms with Gasteiger partial charge in [-0.25, -0.2) is 0 Å². The van der Waals surface area contributed by atoms with E-state index in [9.17, 15) is 18.0 Å². The number of amides is 1. The van der Waals surface area contributed by atoms with Crippen LogP contribution in [-0.4, -0.2) is 26.8 Å². The quantitative estimate of drug-likeness (QED) is 0.719. The number of rotatable bonds is 3. The van der Waals surface area contributed by atoms with Gasteiger partial charge >= 0.3 is 6.18 Å². The maximum atomic E-state index is 12.7. The number of aryl methyl sites for hydroxylation is 1. The Bertz CT molecular complexity index is 1010. The highest BCUT2D eigenvalue weighted by Crippen LogP contribution is 2.29. The van der Waals surface area contributed by atoms with Crippen LogP contribution in [0.3, 0.4) is 0 Å². The number of alkyl halides is 3. The van der Waals surface area contributed by atoms with Crippen LogP contribution in [0.15, 0.2) is 55.0 Å². The van der Waals surface area contributed by atoms with E-state index >= 15 is 0 Å². The molecule has 0 atom stereocenters. The Morgan fingerprint density at radius 2 is 1.96 bits per heavy atom. The average Bonchev–Trinajstić information content (AvgIpc) is 3.27. The van der Waals surface area contributed by atoms with Gasteiger partial charge in [0.15, 0.2) is 0 Å². The zero-order valence-corrected chi connectivity index (χ0v) is 14.3. The van der Waals surface area contributed by atoms with Gasteiger partial charge in [-0.3, -0.25) is 9.48 Å². The molecule has 0 aliphatic rings. The Balaban J connectivity index is 1.68. The normalized spacial score (nSPS) is 11.0. The van der Waals surface area contributed by atoms with Crippen molar-refractivity contribution in [3.05, 3.63) is 71.7 Å². The molecule has 0 saturated heterocycles. The van der Waals surface area contributed by atoms with Gasteiger partial charge in [0.25, 0.3) is 5.91 Å². The molecule has 3 rings (SSSR count). The Morgan fingerprint density at radius 1 is 1.22 bits per heavy atom. The number of hydrogen-bond donors (Lipinski definition) is 1. The lowest BCUT2D eigenvalue weighted by molar-refractivity contribution is -0.137. The standard InChI is InChI=1S/C19H15F3N4O/c1-25-18(26-10-2-3-11-26)16(13-24-25)17(27)23-9-5-7-14-6-4-8-15(12-14)19(20,21)22/h2-4,6,8,10-13H,9H2,1H3,(H,23,27). The van der Waals surface area contributed by atoms with Crippen LogP contribution in [-0.2, 0) is 13.2 Å². The number of carbonyl (C=O) groups excluding carboxylic acids is 1. The van der Waals surface area contributed by atoms with E-state index in [1.165, 1.54) is 18.3 Å². The molecule has 2 aromatic heterocycles. The Hall–Kier alpha value is -3.47. The molecule has 0 radical (unpaired) electrons. The zero-order valence-electron chi connectivity index (χ0n) is 14.3. The third-order valence-corrected chi connectivity index (χ3v) is 3.76. The SMILES string of the molecule is Cn1ncc(C(=O)NCC#Cc2cccc(C(F)(F)F)c2)c1-n1cccc1. The van der Waals surface area contributed by atoms with E-state index in [2.05, 4.69) is 22.3 Å². The van der Waals surface area contributed by atoms with Gasteiger partial charge in [0.1, 0.15) is 11.4 Å². The molecule has 0 unspecified atom stereocenters. The zero-order chi connectivity index (χ0) is 19.4. The third-order valence-electron chi connectivity index (χ3n) is 3.76. The summed E-state index contributed by atoms with van der Waals surface area (Å²) in [5.41, 5.74) is -0.159. The van der Waals surface area contributed by atoms with Crippen molar-refractivity contribution in [1.29, 1.82) is 0 Å². The van der Waals surface area contributed by atoms with Crippen LogP contribution >= 0.6 is 0 Å². The van der Waals surface area contributed by atoms with Crippen molar-refractivity contribution < 1.29 is 18.0 Å². The van der Waals surface area contributed by atoms with Crippen LogP contribution in [0.4, 0.5) is 13.2 Å². The van der Waals surface area contributed by atoms with E-state index in [1.54, 1.807) is 28.7 Å². The molecule has 5 nitrogen and oxygen atoms in total. The molecule has 0 aliphatic heterocycles. The van der Waals surface area contributed by atoms with Gasteiger partial charge in [-0.15, -0.1) is 0 Å². The van der Waals surface area contributed by atoms with Gasteiger partial charge in [0.05, 0.1) is 18.3 Å². The summed E-state index contributed by atoms with van der Waals surface area (Å²) in [6.07, 6.45) is 0.619. The van der Waals surface area contributed by atoms with E-state index in [0.717, 1.165) is 12.1 Å². The fourth-order valence-electron chi connectivity index (χ4n) is 2.51. The van der Waals surface area contributed by atoms with Crippen molar-refractivity contribution in [3.63, 3.8) is 0 Å². The van der Waals surface area contributed by atoms with Gasteiger partial charge in [0.2, 0.25) is 0 Å². The third kappa shape index (κ3) is 4.20. The number of nitrogens with zero attached hydrogens (tertiary/aromatic N) is 3. The van der Waals surface area contributed by atoms with Gasteiger partial charge in [-0.05, 0) is 30.3 Å². The number of halogens is 3. The highest BCUT2D eigenvalue weighted by Gasteiger charge is 2.30. The van der Waals surface area contributed by atoms with Crippen LogP contribution in [0, 0.1) is 11.8 Å². The molecule has 8 heteroatoms. The van der Waals surface area contributed by atoms with Gasteiger partial charge < -0.3 is 9.88 Å². The van der Waals surface area contributed by atoms with E-state index in [4.69, 9.17) is 0 Å². The predicted molar refractivity (Wildman–Crippen MR) is 93.2 cm³/mol. The van der Waals surface area contributed by atoms with Crippen LogP contribution in [0.5, 0.6) is 0 Å². The number of carbonyl (C=O) groups is 1. The summed E-state index contributed by atoms with van der Waals surface area (Å²) in [6, 6.07) is 8.39. The van der Waals surface area contributed by atoms with Crippen LogP contribution in [0.25, 0.3) is 5.82 Å². The first-order valence-corrected chi connectivity index (χ1v) is 7.96. The summed E-state index contributed by atoms with van der Waals surface area (Å²) in [7, 11) is 1.72. The number of hydrogen-bond acceptors (Lipinski definition) is 2. The Morgan fingerprint density at radius 3 is 2.67 bits per heavy atom. The number of nitrogens with one attached hydrogen (secondary N) is 1. The lowest BCUT2D eigenvalue weighted by Gasteiger charge is -2.07. The molecule has 0 bridgehead atoms. The largest absolute Gasteiger partial charge is 0.416 e. The second-order valence-corrected chi connectivity index (χ2v) is 5.66. The number of benzene rings is 1. The summed E-state index contributed by atoms with van der Waals surface area (Å²) in [5.74, 6) is 5.51. The average molecular weight is 372 g/mol. The lowest BCUT2D eigenvalue weighted by Crippen LogP contribution is -2.24. The maximum absolute atomic E-state index is 12.7. The van der Waals surface area contributed by atoms with Crippen molar-refractivity contribution in [3.8, 4) is 17.7 Å². The predicted octanol–water partition coefficient (Wildman–Crippen LogP) is 3.01. The Labute approximate surface area is 153 Å². The second kappa shape index (κ2) is 7.41. The van der Waals surface area contributed by atoms with Crippen LogP contribution < -0.4 is 5.32 Å². The molecule has 1 amide bonds. The minimum absolute atomic E-state index is 0.00487. The van der Waals surface area contributed by atoms with Crippen molar-refractivity contribution in [2.24, 2.45) is 7.05 Å². The van der Waals surface area contributed by atoms with E-state index in [-0.39, 0.29) is 18.0 Å². The first kappa shape index (κ1) is 18.3. The minimum atomic E-state index is -4.42. The Kier molecular flexibility index (Phi) is 5.03. The summed E-state index contributed by atoms with van der Waals surface area (Å²) in [4.78, 5) is 12.4. The lowest BCUT2D eigenvalue weighted by atomic mass is 10.1. The van der Waals surface area contributed by atoms with Gasteiger partial charge in [0, 0.05) is 25.0 Å². The summed E-state index contributed by atoms with van der Waals surface area (Å²) >= 11 is 0. The topological polar surface area (TPSA) is 51.9 Å². The van der Waals surface area contributed by atoms with Crippen molar-refractivity contribution >= 4 is 5.91 Å². The molecule has 138 valence electrons. The van der Waals surface area contributed by atoms with Crippen molar-refractivity contribution in [1.82, 2.24) is 19.7 Å². The monoisotopic (exact) mass is 372 g/mol. The molecule has 2 heterocycles. The number of aromatic nitrogens is 3. The van der Waals surface area contributed by atoms with E-state index in [1.807, 2.05) is 12.1 Å². The first-order valence-electron chi connectivity index (χ1n) is 7.96. The summed E-state index contributed by atoms with van der Waals surface area (Å²) < 4.78 is 41.4. The van der Waals surface area contributed by atoms with E-state index < -0.39 is 11.7 Å². The fourth-order valence-corrected chi connectivity index (χ4v) is 2.51. The molecular weight excluding hydrogens is 357 g/mol. The first-order chi connectivity index (χ1) is 12.9. The molecule has 0 saturated carbocycles. The highest BCUT2D eigenvalue weighted by molar-refractivity contribution is 5.97. The molecule has 1 aromatic carbocycles. The van der Waals surface area contributed by atoms with E-state index in [0.29, 0.717) is 11.4 Å². The van der Waals surface area contributed by atoms with Crippen LogP contribution in [0.1, 0.15) is 21.5 Å². The maximum Gasteiger partial charge on any atom is 0.416 e. The molecule has 0 aliphatic carbocycles. The van der Waals surface area contributed by atoms with Gasteiger partial charge in [-0.1, -0.05) is 17.9 Å². The van der Waals surface area contributed by atoms with Gasteiger partial charge in [-0.2, -0.15) is 18.3 Å². The molecule has 0 fully saturated rings. The molecule has 27 heavy (non-hydrogen) atoms. The molecule has 3 aromatic rings.